The number of aromatic nitrogens is 3. The number of carbonyl (C=O) groups is 2. The molecule has 0 saturated heterocycles. The van der Waals surface area contributed by atoms with Gasteiger partial charge in [0.1, 0.15) is 13.0 Å². The standard InChI is InChI=1S/C21H19N3O5S/c1-27-19(26)11-15(25)13-30-21-23-22-20(24(21)14-7-3-2-4-8-14)18-12-28-16-9-5-6-10-17(16)29-18/h2-10,18H,11-13H2,1H3. The SMILES string of the molecule is COC(=O)CC(=O)CSc1nnc(C2COc3ccccc3O2)n1-c1ccccc1. The van der Waals surface area contributed by atoms with Gasteiger partial charge in [-0.3, -0.25) is 14.2 Å². The van der Waals surface area contributed by atoms with Crippen molar-refractivity contribution in [2.24, 2.45) is 0 Å². The summed E-state index contributed by atoms with van der Waals surface area (Å²) in [4.78, 5) is 23.4. The number of thioether (sulfide) groups is 1. The highest BCUT2D eigenvalue weighted by Crippen LogP contribution is 2.36. The van der Waals surface area contributed by atoms with E-state index in [9.17, 15) is 9.59 Å². The number of ether oxygens (including phenoxy) is 3. The van der Waals surface area contributed by atoms with Gasteiger partial charge in [-0.1, -0.05) is 42.1 Å². The summed E-state index contributed by atoms with van der Waals surface area (Å²) in [6.45, 7) is 0.286. The second-order valence-electron chi connectivity index (χ2n) is 6.46. The van der Waals surface area contributed by atoms with Gasteiger partial charge in [0.15, 0.2) is 34.4 Å². The maximum Gasteiger partial charge on any atom is 0.313 e. The van der Waals surface area contributed by atoms with Crippen molar-refractivity contribution < 1.29 is 23.8 Å². The molecular formula is C21H19N3O5S. The van der Waals surface area contributed by atoms with Crippen LogP contribution in [0.15, 0.2) is 59.8 Å². The Labute approximate surface area is 177 Å². The molecule has 4 rings (SSSR count). The molecule has 0 saturated carbocycles. The smallest absolute Gasteiger partial charge is 0.313 e. The molecule has 0 bridgehead atoms. The Morgan fingerprint density at radius 3 is 2.60 bits per heavy atom. The second-order valence-corrected chi connectivity index (χ2v) is 7.40. The highest BCUT2D eigenvalue weighted by atomic mass is 32.2. The van der Waals surface area contributed by atoms with E-state index in [1.807, 2.05) is 59.2 Å². The summed E-state index contributed by atoms with van der Waals surface area (Å²) in [5, 5.41) is 9.12. The van der Waals surface area contributed by atoms with Crippen LogP contribution in [0, 0.1) is 0 Å². The van der Waals surface area contributed by atoms with Gasteiger partial charge in [-0.25, -0.2) is 0 Å². The largest absolute Gasteiger partial charge is 0.485 e. The number of methoxy groups -OCH3 is 1. The van der Waals surface area contributed by atoms with Crippen LogP contribution in [0.1, 0.15) is 18.3 Å². The number of benzene rings is 2. The monoisotopic (exact) mass is 425 g/mol. The minimum atomic E-state index is -0.558. The Bertz CT molecular complexity index is 1050. The summed E-state index contributed by atoms with van der Waals surface area (Å²) >= 11 is 1.21. The van der Waals surface area contributed by atoms with Crippen molar-refractivity contribution in [2.45, 2.75) is 17.7 Å². The van der Waals surface area contributed by atoms with Crippen molar-refractivity contribution in [3.05, 3.63) is 60.4 Å². The number of esters is 1. The number of carbonyl (C=O) groups excluding carboxylic acids is 2. The van der Waals surface area contributed by atoms with Gasteiger partial charge in [0.05, 0.1) is 12.9 Å². The van der Waals surface area contributed by atoms with Gasteiger partial charge >= 0.3 is 5.97 Å². The van der Waals surface area contributed by atoms with Crippen LogP contribution >= 0.6 is 11.8 Å². The molecule has 0 amide bonds. The van der Waals surface area contributed by atoms with Crippen molar-refractivity contribution >= 4 is 23.5 Å². The maximum absolute atomic E-state index is 12.1. The number of hydrogen-bond acceptors (Lipinski definition) is 8. The fraction of sp³-hybridized carbons (Fsp3) is 0.238. The summed E-state index contributed by atoms with van der Waals surface area (Å²) in [5.74, 6) is 1.16. The molecule has 2 heterocycles. The van der Waals surface area contributed by atoms with E-state index in [0.29, 0.717) is 22.5 Å². The quantitative estimate of drug-likeness (QED) is 0.324. The summed E-state index contributed by atoms with van der Waals surface area (Å²) in [6, 6.07) is 17.0. The number of Topliss-reactive ketones (excluding diaryl/α,β-unsaturated/α-hetero) is 1. The fourth-order valence-electron chi connectivity index (χ4n) is 2.98. The van der Waals surface area contributed by atoms with Gasteiger partial charge in [-0.05, 0) is 24.3 Å². The molecule has 154 valence electrons. The summed E-state index contributed by atoms with van der Waals surface area (Å²) in [5.41, 5.74) is 0.836. The Hall–Kier alpha value is -3.33. The number of hydrogen-bond donors (Lipinski definition) is 0. The normalized spacial score (nSPS) is 14.9. The van der Waals surface area contributed by atoms with Gasteiger partial charge in [0.2, 0.25) is 0 Å². The molecule has 9 heteroatoms. The van der Waals surface area contributed by atoms with Crippen molar-refractivity contribution in [3.8, 4) is 17.2 Å². The molecular weight excluding hydrogens is 406 g/mol. The van der Waals surface area contributed by atoms with E-state index in [1.54, 1.807) is 0 Å². The summed E-state index contributed by atoms with van der Waals surface area (Å²) in [7, 11) is 1.26. The van der Waals surface area contributed by atoms with Crippen LogP contribution in [-0.4, -0.2) is 46.0 Å². The molecule has 1 aliphatic heterocycles. The first kappa shape index (κ1) is 20.0. The molecule has 0 fully saturated rings. The van der Waals surface area contributed by atoms with Crippen molar-refractivity contribution in [3.63, 3.8) is 0 Å². The molecule has 2 aromatic carbocycles. The van der Waals surface area contributed by atoms with Crippen LogP contribution in [-0.2, 0) is 14.3 Å². The number of ketones is 1. The highest BCUT2D eigenvalue weighted by Gasteiger charge is 2.29. The van der Waals surface area contributed by atoms with E-state index in [-0.39, 0.29) is 24.6 Å². The van der Waals surface area contributed by atoms with E-state index in [2.05, 4.69) is 14.9 Å². The molecule has 0 N–H and O–H groups in total. The van der Waals surface area contributed by atoms with E-state index in [0.717, 1.165) is 5.69 Å². The van der Waals surface area contributed by atoms with Gasteiger partial charge in [-0.2, -0.15) is 0 Å². The lowest BCUT2D eigenvalue weighted by Gasteiger charge is -2.26. The van der Waals surface area contributed by atoms with Crippen LogP contribution in [0.3, 0.4) is 0 Å². The molecule has 0 spiro atoms. The zero-order valence-electron chi connectivity index (χ0n) is 16.2. The van der Waals surface area contributed by atoms with Gasteiger partial charge < -0.3 is 14.2 Å². The first-order valence-corrected chi connectivity index (χ1v) is 10.2. The average molecular weight is 425 g/mol. The molecule has 8 nitrogen and oxygen atoms in total. The lowest BCUT2D eigenvalue weighted by Crippen LogP contribution is -2.24. The topological polar surface area (TPSA) is 92.5 Å². The predicted molar refractivity (Wildman–Crippen MR) is 109 cm³/mol. The molecule has 0 aliphatic carbocycles. The van der Waals surface area contributed by atoms with E-state index in [1.165, 1.54) is 18.9 Å². The molecule has 3 aromatic rings. The third-order valence-corrected chi connectivity index (χ3v) is 5.39. The molecule has 30 heavy (non-hydrogen) atoms. The second kappa shape index (κ2) is 9.00. The zero-order chi connectivity index (χ0) is 20.9. The number of rotatable bonds is 7. The summed E-state index contributed by atoms with van der Waals surface area (Å²) in [6.07, 6.45) is -0.737. The van der Waals surface area contributed by atoms with Crippen LogP contribution in [0.25, 0.3) is 5.69 Å². The number of fused-ring (bicyclic) bond motifs is 1. The Morgan fingerprint density at radius 2 is 1.83 bits per heavy atom. The maximum atomic E-state index is 12.1. The lowest BCUT2D eigenvalue weighted by atomic mass is 10.2. The molecule has 1 aromatic heterocycles. The highest BCUT2D eigenvalue weighted by molar-refractivity contribution is 7.99. The lowest BCUT2D eigenvalue weighted by molar-refractivity contribution is -0.142. The third-order valence-electron chi connectivity index (χ3n) is 4.40. The van der Waals surface area contributed by atoms with Crippen molar-refractivity contribution in [1.82, 2.24) is 14.8 Å². The van der Waals surface area contributed by atoms with E-state index in [4.69, 9.17) is 9.47 Å². The molecule has 1 unspecified atom stereocenters. The molecule has 0 radical (unpaired) electrons. The molecule has 1 atom stereocenters. The van der Waals surface area contributed by atoms with Crippen LogP contribution < -0.4 is 9.47 Å². The Balaban J connectivity index is 1.60. The number of para-hydroxylation sites is 3. The summed E-state index contributed by atoms with van der Waals surface area (Å²) < 4.78 is 18.3. The van der Waals surface area contributed by atoms with Gasteiger partial charge in [0, 0.05) is 5.69 Å². The average Bonchev–Trinajstić information content (AvgIpc) is 3.22. The minimum absolute atomic E-state index is 0.0743. The minimum Gasteiger partial charge on any atom is -0.485 e. The van der Waals surface area contributed by atoms with E-state index >= 15 is 0 Å². The predicted octanol–water partition coefficient (Wildman–Crippen LogP) is 3.00. The van der Waals surface area contributed by atoms with Crippen molar-refractivity contribution in [1.29, 1.82) is 0 Å². The Morgan fingerprint density at radius 1 is 1.10 bits per heavy atom. The Kier molecular flexibility index (Phi) is 5.99. The first-order chi connectivity index (χ1) is 14.7. The fourth-order valence-corrected chi connectivity index (χ4v) is 3.80. The number of nitrogens with zero attached hydrogens (tertiary/aromatic N) is 3. The van der Waals surface area contributed by atoms with Crippen LogP contribution in [0.5, 0.6) is 11.5 Å². The first-order valence-electron chi connectivity index (χ1n) is 9.26. The third kappa shape index (κ3) is 4.30. The molecule has 1 aliphatic rings. The van der Waals surface area contributed by atoms with Crippen molar-refractivity contribution in [2.75, 3.05) is 19.5 Å². The van der Waals surface area contributed by atoms with Gasteiger partial charge in [0.25, 0.3) is 0 Å². The zero-order valence-corrected chi connectivity index (χ0v) is 17.0. The van der Waals surface area contributed by atoms with Crippen LogP contribution in [0.2, 0.25) is 0 Å². The van der Waals surface area contributed by atoms with E-state index < -0.39 is 12.1 Å². The van der Waals surface area contributed by atoms with Crippen LogP contribution in [0.4, 0.5) is 0 Å². The van der Waals surface area contributed by atoms with Gasteiger partial charge in [-0.15, -0.1) is 10.2 Å².